The SMILES string of the molecule is O=C(NCc1cc2c(s1)CCC2)C1CCCCCN1. The number of amides is 1. The van der Waals surface area contributed by atoms with Crippen molar-refractivity contribution in [2.45, 2.75) is 57.5 Å². The summed E-state index contributed by atoms with van der Waals surface area (Å²) in [6, 6.07) is 2.31. The summed E-state index contributed by atoms with van der Waals surface area (Å²) in [6.45, 7) is 1.68. The first-order chi connectivity index (χ1) is 9.33. The Balaban J connectivity index is 1.51. The summed E-state index contributed by atoms with van der Waals surface area (Å²) in [5.41, 5.74) is 1.52. The Kier molecular flexibility index (Phi) is 4.18. The van der Waals surface area contributed by atoms with E-state index in [-0.39, 0.29) is 11.9 Å². The highest BCUT2D eigenvalue weighted by Crippen LogP contribution is 2.30. The molecule has 1 atom stereocenters. The van der Waals surface area contributed by atoms with E-state index in [1.54, 1.807) is 0 Å². The summed E-state index contributed by atoms with van der Waals surface area (Å²) >= 11 is 1.88. The summed E-state index contributed by atoms with van der Waals surface area (Å²) in [5, 5.41) is 6.44. The molecular weight excluding hydrogens is 256 g/mol. The van der Waals surface area contributed by atoms with Crippen LogP contribution < -0.4 is 10.6 Å². The van der Waals surface area contributed by atoms with Gasteiger partial charge in [0.2, 0.25) is 5.91 Å². The topological polar surface area (TPSA) is 41.1 Å². The van der Waals surface area contributed by atoms with Crippen molar-refractivity contribution in [3.63, 3.8) is 0 Å². The third-order valence-electron chi connectivity index (χ3n) is 4.11. The molecule has 104 valence electrons. The summed E-state index contributed by atoms with van der Waals surface area (Å²) in [4.78, 5) is 15.0. The maximum absolute atomic E-state index is 12.1. The minimum atomic E-state index is 0.0225. The first kappa shape index (κ1) is 13.1. The number of carbonyl (C=O) groups excluding carboxylic acids is 1. The highest BCUT2D eigenvalue weighted by atomic mass is 32.1. The molecule has 1 aromatic heterocycles. The van der Waals surface area contributed by atoms with Gasteiger partial charge in [-0.25, -0.2) is 0 Å². The number of carbonyl (C=O) groups is 1. The average Bonchev–Trinajstić information content (AvgIpc) is 2.87. The van der Waals surface area contributed by atoms with Crippen LogP contribution in [-0.2, 0) is 24.2 Å². The van der Waals surface area contributed by atoms with Crippen LogP contribution in [0.25, 0.3) is 0 Å². The normalized spacial score (nSPS) is 22.8. The van der Waals surface area contributed by atoms with E-state index in [9.17, 15) is 4.79 Å². The Hall–Kier alpha value is -0.870. The third kappa shape index (κ3) is 3.18. The van der Waals surface area contributed by atoms with Gasteiger partial charge >= 0.3 is 0 Å². The third-order valence-corrected chi connectivity index (χ3v) is 5.35. The second kappa shape index (κ2) is 6.06. The molecule has 2 N–H and O–H groups in total. The van der Waals surface area contributed by atoms with Crippen LogP contribution in [-0.4, -0.2) is 18.5 Å². The Morgan fingerprint density at radius 3 is 3.16 bits per heavy atom. The van der Waals surface area contributed by atoms with Crippen molar-refractivity contribution >= 4 is 17.2 Å². The minimum Gasteiger partial charge on any atom is -0.350 e. The van der Waals surface area contributed by atoms with Crippen LogP contribution in [0.1, 0.15) is 47.4 Å². The van der Waals surface area contributed by atoms with Gasteiger partial charge in [0.15, 0.2) is 0 Å². The smallest absolute Gasteiger partial charge is 0.237 e. The van der Waals surface area contributed by atoms with E-state index < -0.39 is 0 Å². The zero-order valence-electron chi connectivity index (χ0n) is 11.3. The number of nitrogens with one attached hydrogen (secondary N) is 2. The van der Waals surface area contributed by atoms with E-state index in [1.165, 1.54) is 53.8 Å². The van der Waals surface area contributed by atoms with Crippen LogP contribution in [0.4, 0.5) is 0 Å². The molecule has 0 spiro atoms. The quantitative estimate of drug-likeness (QED) is 0.891. The van der Waals surface area contributed by atoms with E-state index >= 15 is 0 Å². The van der Waals surface area contributed by atoms with E-state index in [0.717, 1.165) is 13.0 Å². The number of thiophene rings is 1. The molecule has 0 saturated carbocycles. The van der Waals surface area contributed by atoms with Crippen molar-refractivity contribution in [2.75, 3.05) is 6.54 Å². The van der Waals surface area contributed by atoms with Gasteiger partial charge in [-0.05, 0) is 50.3 Å². The van der Waals surface area contributed by atoms with Gasteiger partial charge in [-0.3, -0.25) is 4.79 Å². The van der Waals surface area contributed by atoms with Crippen LogP contribution in [0.15, 0.2) is 6.07 Å². The molecule has 1 saturated heterocycles. The van der Waals surface area contributed by atoms with Gasteiger partial charge in [0, 0.05) is 9.75 Å². The van der Waals surface area contributed by atoms with Crippen molar-refractivity contribution < 1.29 is 4.79 Å². The van der Waals surface area contributed by atoms with E-state index in [4.69, 9.17) is 0 Å². The van der Waals surface area contributed by atoms with Crippen LogP contribution in [0, 0.1) is 0 Å². The van der Waals surface area contributed by atoms with Crippen LogP contribution in [0.3, 0.4) is 0 Å². The Morgan fingerprint density at radius 2 is 2.26 bits per heavy atom. The molecule has 1 amide bonds. The molecule has 1 aliphatic heterocycles. The molecule has 1 aromatic rings. The first-order valence-electron chi connectivity index (χ1n) is 7.44. The summed E-state index contributed by atoms with van der Waals surface area (Å²) < 4.78 is 0. The monoisotopic (exact) mass is 278 g/mol. The summed E-state index contributed by atoms with van der Waals surface area (Å²) in [5.74, 6) is 0.176. The summed E-state index contributed by atoms with van der Waals surface area (Å²) in [7, 11) is 0. The first-order valence-corrected chi connectivity index (χ1v) is 8.26. The zero-order chi connectivity index (χ0) is 13.1. The Labute approximate surface area is 118 Å². The lowest BCUT2D eigenvalue weighted by Gasteiger charge is -2.15. The van der Waals surface area contributed by atoms with Gasteiger partial charge in [0.05, 0.1) is 12.6 Å². The van der Waals surface area contributed by atoms with Crippen molar-refractivity contribution in [1.82, 2.24) is 10.6 Å². The van der Waals surface area contributed by atoms with Crippen LogP contribution >= 0.6 is 11.3 Å². The lowest BCUT2D eigenvalue weighted by Crippen LogP contribution is -2.43. The largest absolute Gasteiger partial charge is 0.350 e. The van der Waals surface area contributed by atoms with Crippen molar-refractivity contribution in [3.8, 4) is 0 Å². The van der Waals surface area contributed by atoms with E-state index in [2.05, 4.69) is 16.7 Å². The minimum absolute atomic E-state index is 0.0225. The number of hydrogen-bond donors (Lipinski definition) is 2. The highest BCUT2D eigenvalue weighted by Gasteiger charge is 2.20. The van der Waals surface area contributed by atoms with Gasteiger partial charge in [0.1, 0.15) is 0 Å². The Morgan fingerprint density at radius 1 is 1.32 bits per heavy atom. The lowest BCUT2D eigenvalue weighted by atomic mass is 10.1. The molecule has 0 aromatic carbocycles. The molecule has 19 heavy (non-hydrogen) atoms. The van der Waals surface area contributed by atoms with Gasteiger partial charge in [-0.1, -0.05) is 12.8 Å². The molecule has 3 rings (SSSR count). The predicted octanol–water partition coefficient (Wildman–Crippen LogP) is 2.39. The lowest BCUT2D eigenvalue weighted by molar-refractivity contribution is -0.123. The summed E-state index contributed by atoms with van der Waals surface area (Å²) in [6.07, 6.45) is 8.35. The van der Waals surface area contributed by atoms with Crippen molar-refractivity contribution in [3.05, 3.63) is 21.4 Å². The number of aryl methyl sites for hydroxylation is 2. The number of hydrogen-bond acceptors (Lipinski definition) is 3. The second-order valence-electron chi connectivity index (χ2n) is 5.59. The molecule has 2 aliphatic rings. The van der Waals surface area contributed by atoms with Gasteiger partial charge in [-0.2, -0.15) is 0 Å². The van der Waals surface area contributed by atoms with E-state index in [1.807, 2.05) is 11.3 Å². The Bertz CT molecular complexity index is 425. The fourth-order valence-electron chi connectivity index (χ4n) is 3.03. The molecule has 3 nitrogen and oxygen atoms in total. The maximum Gasteiger partial charge on any atom is 0.237 e. The second-order valence-corrected chi connectivity index (χ2v) is 6.81. The van der Waals surface area contributed by atoms with Gasteiger partial charge in [-0.15, -0.1) is 11.3 Å². The zero-order valence-corrected chi connectivity index (χ0v) is 12.2. The number of fused-ring (bicyclic) bond motifs is 1. The average molecular weight is 278 g/mol. The standard InChI is InChI=1S/C15H22N2OS/c18-15(13-6-2-1-3-8-16-13)17-10-12-9-11-5-4-7-14(11)19-12/h9,13,16H,1-8,10H2,(H,17,18). The van der Waals surface area contributed by atoms with Gasteiger partial charge in [0.25, 0.3) is 0 Å². The molecular formula is C15H22N2OS. The highest BCUT2D eigenvalue weighted by molar-refractivity contribution is 7.12. The van der Waals surface area contributed by atoms with Crippen LogP contribution in [0.2, 0.25) is 0 Å². The van der Waals surface area contributed by atoms with Crippen LogP contribution in [0.5, 0.6) is 0 Å². The molecule has 0 radical (unpaired) electrons. The molecule has 1 fully saturated rings. The number of rotatable bonds is 3. The fourth-order valence-corrected chi connectivity index (χ4v) is 4.23. The molecule has 2 heterocycles. The van der Waals surface area contributed by atoms with E-state index in [0.29, 0.717) is 6.54 Å². The molecule has 0 bridgehead atoms. The molecule has 1 aliphatic carbocycles. The van der Waals surface area contributed by atoms with Crippen molar-refractivity contribution in [2.24, 2.45) is 0 Å². The van der Waals surface area contributed by atoms with Crippen molar-refractivity contribution in [1.29, 1.82) is 0 Å². The maximum atomic E-state index is 12.1. The fraction of sp³-hybridized carbons (Fsp3) is 0.667. The predicted molar refractivity (Wildman–Crippen MR) is 78.4 cm³/mol. The molecule has 1 unspecified atom stereocenters. The molecule has 4 heteroatoms. The van der Waals surface area contributed by atoms with Gasteiger partial charge < -0.3 is 10.6 Å².